The molecule has 1 N–H and O–H groups in total. The first-order valence-corrected chi connectivity index (χ1v) is 8.20. The molecule has 4 heterocycles. The molecule has 0 amide bonds. The number of hydrogen-bond donors (Lipinski definition) is 1. The van der Waals surface area contributed by atoms with Crippen molar-refractivity contribution in [3.05, 3.63) is 69.7 Å². The summed E-state index contributed by atoms with van der Waals surface area (Å²) in [5, 5.41) is 2.99. The third kappa shape index (κ3) is 2.83. The van der Waals surface area contributed by atoms with Gasteiger partial charge in [0.1, 0.15) is 5.65 Å². The Morgan fingerprint density at radius 3 is 2.80 bits per heavy atom. The van der Waals surface area contributed by atoms with Gasteiger partial charge in [-0.3, -0.25) is 14.8 Å². The molecule has 7 nitrogen and oxygen atoms in total. The Kier molecular flexibility index (Phi) is 3.65. The number of aromatic nitrogens is 5. The summed E-state index contributed by atoms with van der Waals surface area (Å²) >= 11 is 0. The maximum Gasteiger partial charge on any atom is 0.272 e. The van der Waals surface area contributed by atoms with Crippen LogP contribution in [0.5, 0.6) is 0 Å². The standard InChI is InChI=1S/C18H20N6O/c1-12-8-17-20-14(9-18(25)24(17)21-12)10-22(3)11-15-13(2)19-16-6-4-5-7-23(15)16/h4-9,21H,10-11H2,1-3H3. The molecular formula is C18H20N6O. The molecule has 0 atom stereocenters. The maximum absolute atomic E-state index is 12.2. The fraction of sp³-hybridized carbons (Fsp3) is 0.278. The van der Waals surface area contributed by atoms with Crippen LogP contribution < -0.4 is 5.56 Å². The van der Waals surface area contributed by atoms with Gasteiger partial charge in [-0.05, 0) is 33.0 Å². The van der Waals surface area contributed by atoms with Gasteiger partial charge >= 0.3 is 0 Å². The van der Waals surface area contributed by atoms with Crippen LogP contribution in [0.15, 0.2) is 41.3 Å². The number of H-pyrrole nitrogens is 1. The van der Waals surface area contributed by atoms with Gasteiger partial charge in [0, 0.05) is 37.1 Å². The van der Waals surface area contributed by atoms with Crippen molar-refractivity contribution in [3.8, 4) is 0 Å². The molecular weight excluding hydrogens is 316 g/mol. The second-order valence-electron chi connectivity index (χ2n) is 6.46. The summed E-state index contributed by atoms with van der Waals surface area (Å²) in [4.78, 5) is 23.5. The van der Waals surface area contributed by atoms with E-state index in [1.165, 1.54) is 4.52 Å². The van der Waals surface area contributed by atoms with Gasteiger partial charge in [0.15, 0.2) is 5.65 Å². The van der Waals surface area contributed by atoms with Crippen molar-refractivity contribution in [2.75, 3.05) is 7.05 Å². The molecule has 0 spiro atoms. The molecule has 4 aromatic heterocycles. The summed E-state index contributed by atoms with van der Waals surface area (Å²) in [6, 6.07) is 9.45. The summed E-state index contributed by atoms with van der Waals surface area (Å²) in [5.41, 5.74) is 5.35. The monoisotopic (exact) mass is 336 g/mol. The zero-order valence-corrected chi connectivity index (χ0v) is 14.5. The van der Waals surface area contributed by atoms with Crippen molar-refractivity contribution in [1.29, 1.82) is 0 Å². The van der Waals surface area contributed by atoms with E-state index >= 15 is 0 Å². The van der Waals surface area contributed by atoms with E-state index in [9.17, 15) is 4.79 Å². The molecule has 7 heteroatoms. The Morgan fingerprint density at radius 1 is 1.12 bits per heavy atom. The molecule has 4 rings (SSSR count). The number of hydrogen-bond acceptors (Lipinski definition) is 4. The van der Waals surface area contributed by atoms with Crippen LogP contribution >= 0.6 is 0 Å². The highest BCUT2D eigenvalue weighted by Crippen LogP contribution is 2.14. The van der Waals surface area contributed by atoms with Crippen LogP contribution in [0.25, 0.3) is 11.3 Å². The molecule has 0 aliphatic rings. The lowest BCUT2D eigenvalue weighted by Crippen LogP contribution is -2.22. The molecule has 0 bridgehead atoms. The molecule has 25 heavy (non-hydrogen) atoms. The summed E-state index contributed by atoms with van der Waals surface area (Å²) in [5.74, 6) is 0. The number of rotatable bonds is 4. The van der Waals surface area contributed by atoms with Crippen LogP contribution in [0.2, 0.25) is 0 Å². The number of aromatic amines is 1. The van der Waals surface area contributed by atoms with Crippen molar-refractivity contribution in [2.45, 2.75) is 26.9 Å². The van der Waals surface area contributed by atoms with Crippen molar-refractivity contribution in [3.63, 3.8) is 0 Å². The topological polar surface area (TPSA) is 70.7 Å². The quantitative estimate of drug-likeness (QED) is 0.618. The van der Waals surface area contributed by atoms with E-state index in [0.717, 1.165) is 35.0 Å². The van der Waals surface area contributed by atoms with Gasteiger partial charge in [0.05, 0.1) is 17.1 Å². The lowest BCUT2D eigenvalue weighted by Gasteiger charge is -2.16. The van der Waals surface area contributed by atoms with E-state index < -0.39 is 0 Å². The number of pyridine rings is 1. The first kappa shape index (κ1) is 15.6. The lowest BCUT2D eigenvalue weighted by molar-refractivity contribution is 0.309. The predicted molar refractivity (Wildman–Crippen MR) is 95.6 cm³/mol. The van der Waals surface area contributed by atoms with Crippen molar-refractivity contribution >= 4 is 11.3 Å². The van der Waals surface area contributed by atoms with Crippen LogP contribution in [-0.2, 0) is 13.1 Å². The van der Waals surface area contributed by atoms with Crippen LogP contribution in [0.1, 0.15) is 22.8 Å². The summed E-state index contributed by atoms with van der Waals surface area (Å²) in [7, 11) is 2.02. The van der Waals surface area contributed by atoms with Gasteiger partial charge in [-0.2, -0.15) is 0 Å². The van der Waals surface area contributed by atoms with Crippen molar-refractivity contribution in [2.24, 2.45) is 0 Å². The minimum atomic E-state index is -0.0903. The minimum absolute atomic E-state index is 0.0903. The summed E-state index contributed by atoms with van der Waals surface area (Å²) < 4.78 is 3.57. The molecule has 4 aromatic rings. The summed E-state index contributed by atoms with van der Waals surface area (Å²) in [6.07, 6.45) is 2.03. The zero-order valence-electron chi connectivity index (χ0n) is 14.5. The Hall–Kier alpha value is -2.93. The van der Waals surface area contributed by atoms with Crippen LogP contribution in [-0.4, -0.2) is 35.9 Å². The molecule has 128 valence electrons. The van der Waals surface area contributed by atoms with E-state index in [4.69, 9.17) is 0 Å². The Balaban J connectivity index is 1.60. The fourth-order valence-corrected chi connectivity index (χ4v) is 3.18. The van der Waals surface area contributed by atoms with E-state index in [-0.39, 0.29) is 5.56 Å². The molecule has 0 fully saturated rings. The normalized spacial score (nSPS) is 11.8. The first-order chi connectivity index (χ1) is 12.0. The average molecular weight is 336 g/mol. The second kappa shape index (κ2) is 5.86. The van der Waals surface area contributed by atoms with E-state index in [0.29, 0.717) is 12.2 Å². The van der Waals surface area contributed by atoms with Gasteiger partial charge in [-0.25, -0.2) is 14.5 Å². The largest absolute Gasteiger partial charge is 0.302 e. The van der Waals surface area contributed by atoms with Gasteiger partial charge in [-0.1, -0.05) is 6.07 Å². The number of fused-ring (bicyclic) bond motifs is 2. The molecule has 0 unspecified atom stereocenters. The number of nitrogens with zero attached hydrogens (tertiary/aromatic N) is 5. The highest BCUT2D eigenvalue weighted by Gasteiger charge is 2.12. The predicted octanol–water partition coefficient (Wildman–Crippen LogP) is 1.92. The van der Waals surface area contributed by atoms with Gasteiger partial charge in [0.25, 0.3) is 5.56 Å². The Morgan fingerprint density at radius 2 is 1.96 bits per heavy atom. The fourth-order valence-electron chi connectivity index (χ4n) is 3.18. The Bertz CT molecular complexity index is 1120. The highest BCUT2D eigenvalue weighted by atomic mass is 16.1. The van der Waals surface area contributed by atoms with Crippen LogP contribution in [0.4, 0.5) is 0 Å². The number of nitrogens with one attached hydrogen (secondary N) is 1. The number of imidazole rings is 1. The molecule has 0 radical (unpaired) electrons. The van der Waals surface area contributed by atoms with Crippen LogP contribution in [0.3, 0.4) is 0 Å². The van der Waals surface area contributed by atoms with Gasteiger partial charge in [-0.15, -0.1) is 0 Å². The van der Waals surface area contributed by atoms with E-state index in [1.807, 2.05) is 51.4 Å². The first-order valence-electron chi connectivity index (χ1n) is 8.20. The zero-order chi connectivity index (χ0) is 17.6. The maximum atomic E-state index is 12.2. The number of aryl methyl sites for hydroxylation is 2. The van der Waals surface area contributed by atoms with Gasteiger partial charge < -0.3 is 4.40 Å². The third-order valence-corrected chi connectivity index (χ3v) is 4.31. The third-order valence-electron chi connectivity index (χ3n) is 4.31. The SMILES string of the molecule is Cc1cc2nc(CN(C)Cc3c(C)nc4ccccn34)cc(=O)n2[nH]1. The average Bonchev–Trinajstić information content (AvgIpc) is 3.08. The lowest BCUT2D eigenvalue weighted by atomic mass is 10.3. The smallest absolute Gasteiger partial charge is 0.272 e. The van der Waals surface area contributed by atoms with E-state index in [1.54, 1.807) is 6.07 Å². The van der Waals surface area contributed by atoms with E-state index in [2.05, 4.69) is 24.4 Å². The van der Waals surface area contributed by atoms with Crippen molar-refractivity contribution in [1.82, 2.24) is 28.9 Å². The van der Waals surface area contributed by atoms with Gasteiger partial charge in [0.2, 0.25) is 0 Å². The molecule has 0 aliphatic carbocycles. The Labute approximate surface area is 144 Å². The van der Waals surface area contributed by atoms with Crippen molar-refractivity contribution < 1.29 is 0 Å². The van der Waals surface area contributed by atoms with Crippen LogP contribution in [0, 0.1) is 13.8 Å². The highest BCUT2D eigenvalue weighted by molar-refractivity contribution is 5.43. The minimum Gasteiger partial charge on any atom is -0.302 e. The summed E-state index contributed by atoms with van der Waals surface area (Å²) in [6.45, 7) is 5.25. The molecule has 0 aromatic carbocycles. The molecule has 0 saturated carbocycles. The molecule has 0 saturated heterocycles. The second-order valence-corrected chi connectivity index (χ2v) is 6.46. The molecule has 0 aliphatic heterocycles.